The van der Waals surface area contributed by atoms with Gasteiger partial charge in [0, 0.05) is 20.2 Å². The first-order valence-electron chi connectivity index (χ1n) is 6.39. The largest absolute Gasteiger partial charge is 0.444 e. The van der Waals surface area contributed by atoms with E-state index in [0.717, 1.165) is 0 Å². The van der Waals surface area contributed by atoms with Gasteiger partial charge in [-0.15, -0.1) is 0 Å². The summed E-state index contributed by atoms with van der Waals surface area (Å²) in [6.45, 7) is 6.89. The fourth-order valence-electron chi connectivity index (χ4n) is 2.03. The molecule has 1 saturated heterocycles. The van der Waals surface area contributed by atoms with Crippen molar-refractivity contribution in [2.24, 2.45) is 4.99 Å². The molecule has 0 saturated carbocycles. The minimum absolute atomic E-state index is 0.287. The molecular formula is C13H22N2O4. The number of rotatable bonds is 3. The van der Waals surface area contributed by atoms with Crippen LogP contribution in [0.3, 0.4) is 0 Å². The maximum Gasteiger partial charge on any atom is 0.410 e. The van der Waals surface area contributed by atoms with Crippen LogP contribution in [0.5, 0.6) is 0 Å². The van der Waals surface area contributed by atoms with Crippen LogP contribution >= 0.6 is 0 Å². The van der Waals surface area contributed by atoms with Gasteiger partial charge in [0.05, 0.1) is 12.1 Å². The van der Waals surface area contributed by atoms with Gasteiger partial charge in [0.1, 0.15) is 5.60 Å². The van der Waals surface area contributed by atoms with Crippen molar-refractivity contribution in [1.82, 2.24) is 4.90 Å². The number of methoxy groups -OCH3 is 1. The molecule has 1 fully saturated rings. The van der Waals surface area contributed by atoms with Crippen LogP contribution in [0, 0.1) is 0 Å². The molecule has 0 bridgehead atoms. The topological polar surface area (TPSA) is 68.2 Å². The van der Waals surface area contributed by atoms with E-state index in [9.17, 15) is 9.59 Å². The Morgan fingerprint density at radius 2 is 1.95 bits per heavy atom. The van der Waals surface area contributed by atoms with E-state index in [0.29, 0.717) is 25.9 Å². The molecule has 108 valence electrons. The van der Waals surface area contributed by atoms with E-state index < -0.39 is 11.2 Å². The molecule has 6 nitrogen and oxygen atoms in total. The monoisotopic (exact) mass is 270 g/mol. The number of amides is 1. The lowest BCUT2D eigenvalue weighted by molar-refractivity contribution is -0.0536. The lowest BCUT2D eigenvalue weighted by atomic mass is 9.91. The van der Waals surface area contributed by atoms with Crippen molar-refractivity contribution >= 4 is 12.2 Å². The van der Waals surface area contributed by atoms with Gasteiger partial charge in [-0.3, -0.25) is 0 Å². The van der Waals surface area contributed by atoms with Crippen LogP contribution in [-0.4, -0.2) is 55.0 Å². The third-order valence-corrected chi connectivity index (χ3v) is 3.19. The zero-order valence-electron chi connectivity index (χ0n) is 12.1. The summed E-state index contributed by atoms with van der Waals surface area (Å²) in [5.74, 6) is 0. The highest BCUT2D eigenvalue weighted by molar-refractivity contribution is 5.68. The molecule has 0 atom stereocenters. The Morgan fingerprint density at radius 3 is 2.37 bits per heavy atom. The van der Waals surface area contributed by atoms with Crippen LogP contribution in [0.4, 0.5) is 4.79 Å². The second-order valence-electron chi connectivity index (χ2n) is 5.76. The van der Waals surface area contributed by atoms with Gasteiger partial charge in [0.2, 0.25) is 6.08 Å². The third-order valence-electron chi connectivity index (χ3n) is 3.19. The summed E-state index contributed by atoms with van der Waals surface area (Å²) in [5.41, 5.74) is -0.954. The smallest absolute Gasteiger partial charge is 0.410 e. The summed E-state index contributed by atoms with van der Waals surface area (Å²) in [6, 6.07) is 0. The van der Waals surface area contributed by atoms with Gasteiger partial charge in [0.15, 0.2) is 0 Å². The Hall–Kier alpha value is -1.39. The number of carbonyl (C=O) groups excluding carboxylic acids is 2. The minimum atomic E-state index is -0.491. The van der Waals surface area contributed by atoms with Crippen molar-refractivity contribution < 1.29 is 19.1 Å². The number of ether oxygens (including phenoxy) is 2. The average Bonchev–Trinajstić information content (AvgIpc) is 2.35. The van der Waals surface area contributed by atoms with Gasteiger partial charge >= 0.3 is 6.09 Å². The number of hydrogen-bond donors (Lipinski definition) is 0. The highest BCUT2D eigenvalue weighted by Gasteiger charge is 2.37. The second-order valence-corrected chi connectivity index (χ2v) is 5.76. The molecule has 19 heavy (non-hydrogen) atoms. The fraction of sp³-hybridized carbons (Fsp3) is 0.846. The van der Waals surface area contributed by atoms with Crippen molar-refractivity contribution in [2.45, 2.75) is 44.8 Å². The molecule has 6 heteroatoms. The minimum Gasteiger partial charge on any atom is -0.444 e. The highest BCUT2D eigenvalue weighted by Crippen LogP contribution is 2.27. The first kappa shape index (κ1) is 15.7. The molecule has 1 aliphatic rings. The van der Waals surface area contributed by atoms with Crippen molar-refractivity contribution in [1.29, 1.82) is 0 Å². The summed E-state index contributed by atoms with van der Waals surface area (Å²) in [7, 11) is 1.60. The fourth-order valence-corrected chi connectivity index (χ4v) is 2.03. The summed E-state index contributed by atoms with van der Waals surface area (Å²) in [6.07, 6.45) is 2.49. The number of piperidine rings is 1. The van der Waals surface area contributed by atoms with Crippen LogP contribution < -0.4 is 0 Å². The summed E-state index contributed by atoms with van der Waals surface area (Å²) >= 11 is 0. The van der Waals surface area contributed by atoms with Crippen molar-refractivity contribution in [2.75, 3.05) is 26.7 Å². The maximum atomic E-state index is 11.9. The van der Waals surface area contributed by atoms with E-state index >= 15 is 0 Å². The predicted molar refractivity (Wildman–Crippen MR) is 69.8 cm³/mol. The molecule has 0 aromatic heterocycles. The van der Waals surface area contributed by atoms with E-state index in [2.05, 4.69) is 4.99 Å². The molecule has 0 aromatic rings. The van der Waals surface area contributed by atoms with E-state index in [1.165, 1.54) is 6.08 Å². The first-order chi connectivity index (χ1) is 8.82. The van der Waals surface area contributed by atoms with Crippen molar-refractivity contribution in [3.05, 3.63) is 0 Å². The molecule has 1 heterocycles. The first-order valence-corrected chi connectivity index (χ1v) is 6.39. The molecular weight excluding hydrogens is 248 g/mol. The Kier molecular flexibility index (Phi) is 5.09. The Balaban J connectivity index is 2.56. The van der Waals surface area contributed by atoms with Crippen LogP contribution in [0.2, 0.25) is 0 Å². The van der Waals surface area contributed by atoms with Gasteiger partial charge in [-0.1, -0.05) is 0 Å². The standard InChI is InChI=1S/C13H22N2O4/c1-12(2,3)19-11(17)15-7-5-13(18-4,6-8-15)9-14-10-16/h5-9H2,1-4H3. The molecule has 0 unspecified atom stereocenters. The Morgan fingerprint density at radius 1 is 1.37 bits per heavy atom. The summed E-state index contributed by atoms with van der Waals surface area (Å²) < 4.78 is 10.8. The van der Waals surface area contributed by atoms with Crippen LogP contribution in [0.15, 0.2) is 4.99 Å². The predicted octanol–water partition coefficient (Wildman–Crippen LogP) is 1.74. The summed E-state index contributed by atoms with van der Waals surface area (Å²) in [4.78, 5) is 27.4. The average molecular weight is 270 g/mol. The Bertz CT molecular complexity index is 361. The third kappa shape index (κ3) is 4.65. The lowest BCUT2D eigenvalue weighted by Gasteiger charge is -2.39. The van der Waals surface area contributed by atoms with Crippen LogP contribution in [-0.2, 0) is 14.3 Å². The van der Waals surface area contributed by atoms with E-state index in [1.54, 1.807) is 12.0 Å². The molecule has 0 N–H and O–H groups in total. The molecule has 0 radical (unpaired) electrons. The second kappa shape index (κ2) is 6.17. The highest BCUT2D eigenvalue weighted by atomic mass is 16.6. The number of nitrogens with zero attached hydrogens (tertiary/aromatic N) is 2. The maximum absolute atomic E-state index is 11.9. The number of isocyanates is 1. The van der Waals surface area contributed by atoms with Crippen LogP contribution in [0.25, 0.3) is 0 Å². The van der Waals surface area contributed by atoms with E-state index in [-0.39, 0.29) is 12.6 Å². The molecule has 0 aliphatic carbocycles. The molecule has 1 rings (SSSR count). The van der Waals surface area contributed by atoms with Gasteiger partial charge in [-0.25, -0.2) is 14.6 Å². The molecule has 0 spiro atoms. The number of carbonyl (C=O) groups is 1. The number of likely N-dealkylation sites (tertiary alicyclic amines) is 1. The van der Waals surface area contributed by atoms with E-state index in [1.807, 2.05) is 20.8 Å². The number of aliphatic imine (C=N–C) groups is 1. The number of hydrogen-bond acceptors (Lipinski definition) is 5. The lowest BCUT2D eigenvalue weighted by Crippen LogP contribution is -2.50. The van der Waals surface area contributed by atoms with Gasteiger partial charge in [0.25, 0.3) is 0 Å². The molecule has 1 amide bonds. The normalized spacial score (nSPS) is 18.6. The Labute approximate surface area is 113 Å². The van der Waals surface area contributed by atoms with Gasteiger partial charge in [-0.05, 0) is 33.6 Å². The molecule has 0 aromatic carbocycles. The molecule has 1 aliphatic heterocycles. The SMILES string of the molecule is COC1(CN=C=O)CCN(C(=O)OC(C)(C)C)CC1. The van der Waals surface area contributed by atoms with Crippen molar-refractivity contribution in [3.63, 3.8) is 0 Å². The van der Waals surface area contributed by atoms with Gasteiger partial charge < -0.3 is 14.4 Å². The van der Waals surface area contributed by atoms with E-state index in [4.69, 9.17) is 9.47 Å². The quantitative estimate of drug-likeness (QED) is 0.578. The zero-order valence-corrected chi connectivity index (χ0v) is 12.1. The summed E-state index contributed by atoms with van der Waals surface area (Å²) in [5, 5.41) is 0. The van der Waals surface area contributed by atoms with Crippen molar-refractivity contribution in [3.8, 4) is 0 Å². The zero-order chi connectivity index (χ0) is 14.5. The van der Waals surface area contributed by atoms with Crippen LogP contribution in [0.1, 0.15) is 33.6 Å². The van der Waals surface area contributed by atoms with Gasteiger partial charge in [-0.2, -0.15) is 0 Å².